The molecule has 1 aliphatic heterocycles. The Labute approximate surface area is 161 Å². The van der Waals surface area contributed by atoms with Crippen LogP contribution >= 0.6 is 35.4 Å². The van der Waals surface area contributed by atoms with Gasteiger partial charge in [0.05, 0.1) is 21.8 Å². The zero-order chi connectivity index (χ0) is 19.0. The highest BCUT2D eigenvalue weighted by Crippen LogP contribution is 2.34. The highest BCUT2D eigenvalue weighted by atomic mass is 35.5. The second-order valence-corrected chi connectivity index (χ2v) is 6.14. The van der Waals surface area contributed by atoms with E-state index in [0.717, 1.165) is 17.0 Å². The third kappa shape index (κ3) is 3.19. The van der Waals surface area contributed by atoms with Crippen molar-refractivity contribution in [3.8, 4) is 0 Å². The first-order chi connectivity index (χ1) is 12.3. The molecule has 2 heterocycles. The number of nitro groups is 1. The molecule has 0 aliphatic carbocycles. The molecular weight excluding hydrogens is 405 g/mol. The maximum absolute atomic E-state index is 12.8. The Morgan fingerprint density at radius 2 is 1.96 bits per heavy atom. The molecule has 132 valence electrons. The van der Waals surface area contributed by atoms with Gasteiger partial charge in [0.25, 0.3) is 11.8 Å². The summed E-state index contributed by atoms with van der Waals surface area (Å²) < 4.78 is 4.95. The number of carbonyl (C=O) groups is 2. The van der Waals surface area contributed by atoms with E-state index in [-0.39, 0.29) is 32.2 Å². The van der Waals surface area contributed by atoms with Crippen LogP contribution in [0.4, 0.5) is 11.6 Å². The Kier molecular flexibility index (Phi) is 4.77. The highest BCUT2D eigenvalue weighted by molar-refractivity contribution is 7.80. The van der Waals surface area contributed by atoms with E-state index in [4.69, 9.17) is 39.8 Å². The van der Waals surface area contributed by atoms with Crippen molar-refractivity contribution in [2.75, 3.05) is 4.90 Å². The van der Waals surface area contributed by atoms with Gasteiger partial charge in [-0.15, -0.1) is 0 Å². The Morgan fingerprint density at radius 1 is 1.23 bits per heavy atom. The Morgan fingerprint density at radius 3 is 2.62 bits per heavy atom. The molecule has 0 atom stereocenters. The van der Waals surface area contributed by atoms with Crippen LogP contribution in [0.15, 0.2) is 40.3 Å². The van der Waals surface area contributed by atoms with Gasteiger partial charge in [-0.25, -0.2) is 0 Å². The molecule has 2 amide bonds. The van der Waals surface area contributed by atoms with E-state index >= 15 is 0 Å². The van der Waals surface area contributed by atoms with Crippen LogP contribution in [-0.4, -0.2) is 21.9 Å². The molecule has 1 fully saturated rings. The fourth-order valence-electron chi connectivity index (χ4n) is 2.20. The highest BCUT2D eigenvalue weighted by Gasteiger charge is 2.36. The van der Waals surface area contributed by atoms with Gasteiger partial charge in [0.2, 0.25) is 0 Å². The Balaban J connectivity index is 2.04. The van der Waals surface area contributed by atoms with Crippen LogP contribution in [0.2, 0.25) is 10.0 Å². The van der Waals surface area contributed by atoms with E-state index in [2.05, 4.69) is 5.32 Å². The SMILES string of the molecule is O=C1NC(=S)N(c2cccc(Cl)c2Cl)C(=O)/C1=C/c1ccc([N+](=O)[O-])o1. The molecule has 2 aromatic rings. The predicted octanol–water partition coefficient (Wildman–Crippen LogP) is 3.33. The minimum atomic E-state index is -0.776. The smallest absolute Gasteiger partial charge is 0.401 e. The number of nitrogens with one attached hydrogen (secondary N) is 1. The van der Waals surface area contributed by atoms with Gasteiger partial charge in [-0.1, -0.05) is 29.3 Å². The fraction of sp³-hybridized carbons (Fsp3) is 0. The molecule has 1 saturated heterocycles. The lowest BCUT2D eigenvalue weighted by Crippen LogP contribution is -2.54. The standard InChI is InChI=1S/C15H7Cl2N3O5S/c16-9-2-1-3-10(12(9)17)19-14(22)8(13(21)18-15(19)26)6-7-4-5-11(25-7)20(23)24/h1-6H,(H,18,21,26)/b8-6+. The van der Waals surface area contributed by atoms with Crippen LogP contribution in [0.25, 0.3) is 6.08 Å². The van der Waals surface area contributed by atoms with Crippen LogP contribution in [0.5, 0.6) is 0 Å². The number of carbonyl (C=O) groups excluding carboxylic acids is 2. The third-order valence-electron chi connectivity index (χ3n) is 3.35. The van der Waals surface area contributed by atoms with E-state index in [1.165, 1.54) is 18.2 Å². The van der Waals surface area contributed by atoms with Crippen LogP contribution in [0, 0.1) is 10.1 Å². The van der Waals surface area contributed by atoms with Gasteiger partial charge in [0, 0.05) is 0 Å². The van der Waals surface area contributed by atoms with Gasteiger partial charge in [0.1, 0.15) is 16.3 Å². The molecule has 26 heavy (non-hydrogen) atoms. The first kappa shape index (κ1) is 18.1. The average molecular weight is 412 g/mol. The lowest BCUT2D eigenvalue weighted by Gasteiger charge is -2.29. The molecule has 1 aromatic carbocycles. The molecule has 0 radical (unpaired) electrons. The van der Waals surface area contributed by atoms with E-state index in [1.54, 1.807) is 6.07 Å². The molecule has 0 saturated carbocycles. The van der Waals surface area contributed by atoms with Crippen molar-refractivity contribution in [1.82, 2.24) is 5.32 Å². The number of nitrogens with zero attached hydrogens (tertiary/aromatic N) is 2. The van der Waals surface area contributed by atoms with Crippen LogP contribution in [0.3, 0.4) is 0 Å². The number of furan rings is 1. The maximum atomic E-state index is 12.8. The Bertz CT molecular complexity index is 1000. The van der Waals surface area contributed by atoms with Gasteiger partial charge in [0.15, 0.2) is 5.11 Å². The van der Waals surface area contributed by atoms with Gasteiger partial charge < -0.3 is 4.42 Å². The molecule has 0 bridgehead atoms. The molecule has 3 rings (SSSR count). The molecule has 1 N–H and O–H groups in total. The van der Waals surface area contributed by atoms with Gasteiger partial charge in [-0.3, -0.25) is 29.9 Å². The summed E-state index contributed by atoms with van der Waals surface area (Å²) >= 11 is 17.1. The summed E-state index contributed by atoms with van der Waals surface area (Å²) in [4.78, 5) is 35.9. The molecular formula is C15H7Cl2N3O5S. The molecule has 1 aromatic heterocycles. The zero-order valence-electron chi connectivity index (χ0n) is 12.6. The molecule has 0 unspecified atom stereocenters. The topological polar surface area (TPSA) is 106 Å². The molecule has 11 heteroatoms. The summed E-state index contributed by atoms with van der Waals surface area (Å²) in [6, 6.07) is 6.96. The van der Waals surface area contributed by atoms with Crippen molar-refractivity contribution in [3.63, 3.8) is 0 Å². The van der Waals surface area contributed by atoms with Gasteiger partial charge in [-0.05, 0) is 36.5 Å². The molecule has 8 nitrogen and oxygen atoms in total. The van der Waals surface area contributed by atoms with E-state index in [1.807, 2.05) is 0 Å². The largest absolute Gasteiger partial charge is 0.433 e. The van der Waals surface area contributed by atoms with Crippen molar-refractivity contribution in [2.24, 2.45) is 0 Å². The van der Waals surface area contributed by atoms with Crippen LogP contribution in [-0.2, 0) is 9.59 Å². The second kappa shape index (κ2) is 6.87. The van der Waals surface area contributed by atoms with Gasteiger partial charge in [-0.2, -0.15) is 0 Å². The Hall–Kier alpha value is -2.75. The first-order valence-corrected chi connectivity index (χ1v) is 8.05. The summed E-state index contributed by atoms with van der Waals surface area (Å²) in [6.45, 7) is 0. The quantitative estimate of drug-likeness (QED) is 0.273. The summed E-state index contributed by atoms with van der Waals surface area (Å²) in [5.41, 5.74) is -0.149. The van der Waals surface area contributed by atoms with E-state index < -0.39 is 22.6 Å². The van der Waals surface area contributed by atoms with Crippen LogP contribution in [0.1, 0.15) is 5.76 Å². The van der Waals surface area contributed by atoms with E-state index in [9.17, 15) is 19.7 Å². The van der Waals surface area contributed by atoms with Crippen LogP contribution < -0.4 is 10.2 Å². The van der Waals surface area contributed by atoms with Crippen molar-refractivity contribution in [3.05, 3.63) is 61.8 Å². The number of hydrogen-bond acceptors (Lipinski definition) is 6. The first-order valence-electron chi connectivity index (χ1n) is 6.89. The van der Waals surface area contributed by atoms with E-state index in [0.29, 0.717) is 0 Å². The lowest BCUT2D eigenvalue weighted by molar-refractivity contribution is -0.402. The lowest BCUT2D eigenvalue weighted by atomic mass is 10.1. The number of halogens is 2. The predicted molar refractivity (Wildman–Crippen MR) is 98.0 cm³/mol. The maximum Gasteiger partial charge on any atom is 0.433 e. The summed E-state index contributed by atoms with van der Waals surface area (Å²) in [7, 11) is 0. The average Bonchev–Trinajstić information content (AvgIpc) is 3.04. The zero-order valence-corrected chi connectivity index (χ0v) is 14.9. The summed E-state index contributed by atoms with van der Waals surface area (Å²) in [5.74, 6) is -2.11. The number of thiocarbonyl (C=S) groups is 1. The third-order valence-corrected chi connectivity index (χ3v) is 4.45. The minimum Gasteiger partial charge on any atom is -0.401 e. The monoisotopic (exact) mass is 411 g/mol. The normalized spacial score (nSPS) is 16.2. The summed E-state index contributed by atoms with van der Waals surface area (Å²) in [6.07, 6.45) is 1.08. The minimum absolute atomic E-state index is 0.0415. The molecule has 0 spiro atoms. The number of hydrogen-bond donors (Lipinski definition) is 1. The number of amides is 2. The number of anilines is 1. The fourth-order valence-corrected chi connectivity index (χ4v) is 2.86. The second-order valence-electron chi connectivity index (χ2n) is 4.96. The van der Waals surface area contributed by atoms with Crippen molar-refractivity contribution < 1.29 is 18.9 Å². The number of rotatable bonds is 3. The van der Waals surface area contributed by atoms with Crippen molar-refractivity contribution in [1.29, 1.82) is 0 Å². The number of benzene rings is 1. The summed E-state index contributed by atoms with van der Waals surface area (Å²) in [5, 5.41) is 13.1. The van der Waals surface area contributed by atoms with Crippen molar-refractivity contribution >= 4 is 70.0 Å². The molecule has 1 aliphatic rings. The van der Waals surface area contributed by atoms with Crippen molar-refractivity contribution in [2.45, 2.75) is 0 Å². The van der Waals surface area contributed by atoms with Gasteiger partial charge >= 0.3 is 5.88 Å².